The standard InChI is InChI=1S/C12H19NOS/c1-10(9-14-2)8-13-11-4-6-12(15-3)7-5-11/h4-7,10,13H,8-9H2,1-3H3. The van der Waals surface area contributed by atoms with Gasteiger partial charge in [-0.2, -0.15) is 0 Å². The molecule has 15 heavy (non-hydrogen) atoms. The predicted molar refractivity (Wildman–Crippen MR) is 67.8 cm³/mol. The summed E-state index contributed by atoms with van der Waals surface area (Å²) < 4.78 is 5.09. The Morgan fingerprint density at radius 1 is 1.33 bits per heavy atom. The third-order valence-electron chi connectivity index (χ3n) is 2.20. The molecular formula is C12H19NOS. The molecule has 0 aliphatic heterocycles. The number of anilines is 1. The maximum Gasteiger partial charge on any atom is 0.0504 e. The highest BCUT2D eigenvalue weighted by Crippen LogP contribution is 2.17. The molecule has 0 heterocycles. The number of nitrogens with one attached hydrogen (secondary N) is 1. The van der Waals surface area contributed by atoms with Crippen molar-refractivity contribution >= 4 is 17.4 Å². The fourth-order valence-electron chi connectivity index (χ4n) is 1.34. The average Bonchev–Trinajstić information content (AvgIpc) is 2.27. The van der Waals surface area contributed by atoms with Crippen LogP contribution in [0, 0.1) is 5.92 Å². The van der Waals surface area contributed by atoms with E-state index < -0.39 is 0 Å². The topological polar surface area (TPSA) is 21.3 Å². The second kappa shape index (κ2) is 6.75. The number of methoxy groups -OCH3 is 1. The lowest BCUT2D eigenvalue weighted by molar-refractivity contribution is 0.164. The van der Waals surface area contributed by atoms with Crippen molar-refractivity contribution in [2.24, 2.45) is 5.92 Å². The molecule has 0 saturated carbocycles. The minimum absolute atomic E-state index is 0.537. The molecule has 1 rings (SSSR count). The molecule has 1 unspecified atom stereocenters. The maximum atomic E-state index is 5.09. The zero-order chi connectivity index (χ0) is 11.1. The Morgan fingerprint density at radius 2 is 2.00 bits per heavy atom. The zero-order valence-corrected chi connectivity index (χ0v) is 10.4. The molecule has 0 saturated heterocycles. The van der Waals surface area contributed by atoms with Crippen LogP contribution in [-0.2, 0) is 4.74 Å². The number of hydrogen-bond acceptors (Lipinski definition) is 3. The first-order chi connectivity index (χ1) is 7.26. The maximum absolute atomic E-state index is 5.09. The SMILES string of the molecule is COCC(C)CNc1ccc(SC)cc1. The predicted octanol–water partition coefficient (Wildman–Crippen LogP) is 3.10. The Bertz CT molecular complexity index is 273. The molecule has 0 radical (unpaired) electrons. The summed E-state index contributed by atoms with van der Waals surface area (Å²) >= 11 is 1.76. The third-order valence-corrected chi connectivity index (χ3v) is 2.94. The highest BCUT2D eigenvalue weighted by atomic mass is 32.2. The van der Waals surface area contributed by atoms with Gasteiger partial charge in [0, 0.05) is 24.2 Å². The van der Waals surface area contributed by atoms with E-state index in [-0.39, 0.29) is 0 Å². The van der Waals surface area contributed by atoms with E-state index in [2.05, 4.69) is 42.8 Å². The van der Waals surface area contributed by atoms with Crippen molar-refractivity contribution in [3.05, 3.63) is 24.3 Å². The molecule has 1 aromatic carbocycles. The van der Waals surface area contributed by atoms with E-state index >= 15 is 0 Å². The molecule has 0 aliphatic rings. The number of rotatable bonds is 6. The van der Waals surface area contributed by atoms with Crippen molar-refractivity contribution in [1.29, 1.82) is 0 Å². The first-order valence-electron chi connectivity index (χ1n) is 5.13. The first kappa shape index (κ1) is 12.4. The highest BCUT2D eigenvalue weighted by molar-refractivity contribution is 7.98. The molecular weight excluding hydrogens is 206 g/mol. The smallest absolute Gasteiger partial charge is 0.0504 e. The molecule has 3 heteroatoms. The van der Waals surface area contributed by atoms with Gasteiger partial charge < -0.3 is 10.1 Å². The van der Waals surface area contributed by atoms with Crippen LogP contribution in [0.15, 0.2) is 29.2 Å². The van der Waals surface area contributed by atoms with Crippen molar-refractivity contribution in [3.63, 3.8) is 0 Å². The van der Waals surface area contributed by atoms with Crippen LogP contribution in [0.25, 0.3) is 0 Å². The van der Waals surface area contributed by atoms with Gasteiger partial charge in [-0.25, -0.2) is 0 Å². The molecule has 1 N–H and O–H groups in total. The van der Waals surface area contributed by atoms with Gasteiger partial charge in [0.15, 0.2) is 0 Å². The Labute approximate surface area is 96.4 Å². The first-order valence-corrected chi connectivity index (χ1v) is 6.35. The molecule has 0 aliphatic carbocycles. The number of hydrogen-bond donors (Lipinski definition) is 1. The largest absolute Gasteiger partial charge is 0.385 e. The van der Waals surface area contributed by atoms with Gasteiger partial charge in [-0.1, -0.05) is 6.92 Å². The minimum Gasteiger partial charge on any atom is -0.385 e. The van der Waals surface area contributed by atoms with E-state index in [9.17, 15) is 0 Å². The van der Waals surface area contributed by atoms with Gasteiger partial charge in [-0.15, -0.1) is 11.8 Å². The zero-order valence-electron chi connectivity index (χ0n) is 9.62. The summed E-state index contributed by atoms with van der Waals surface area (Å²) in [6.07, 6.45) is 2.09. The van der Waals surface area contributed by atoms with Crippen LogP contribution in [0.1, 0.15) is 6.92 Å². The average molecular weight is 225 g/mol. The van der Waals surface area contributed by atoms with Gasteiger partial charge in [-0.3, -0.25) is 0 Å². The van der Waals surface area contributed by atoms with E-state index in [0.29, 0.717) is 5.92 Å². The highest BCUT2D eigenvalue weighted by Gasteiger charge is 2.00. The van der Waals surface area contributed by atoms with Crippen molar-refractivity contribution in [2.75, 3.05) is 31.8 Å². The molecule has 84 valence electrons. The van der Waals surface area contributed by atoms with Crippen LogP contribution in [0.4, 0.5) is 5.69 Å². The van der Waals surface area contributed by atoms with Crippen LogP contribution in [0.2, 0.25) is 0 Å². The molecule has 0 aromatic heterocycles. The van der Waals surface area contributed by atoms with Crippen molar-refractivity contribution in [3.8, 4) is 0 Å². The molecule has 2 nitrogen and oxygen atoms in total. The van der Waals surface area contributed by atoms with Gasteiger partial charge in [0.1, 0.15) is 0 Å². The molecule has 0 fully saturated rings. The second-order valence-electron chi connectivity index (χ2n) is 3.67. The van der Waals surface area contributed by atoms with Crippen LogP contribution >= 0.6 is 11.8 Å². The monoisotopic (exact) mass is 225 g/mol. The molecule has 0 amide bonds. The van der Waals surface area contributed by atoms with Gasteiger partial charge in [0.25, 0.3) is 0 Å². The Hall–Kier alpha value is -0.670. The lowest BCUT2D eigenvalue weighted by Crippen LogP contribution is -2.15. The van der Waals surface area contributed by atoms with Gasteiger partial charge in [-0.05, 0) is 36.4 Å². The summed E-state index contributed by atoms with van der Waals surface area (Å²) in [6, 6.07) is 8.50. The van der Waals surface area contributed by atoms with Crippen molar-refractivity contribution in [2.45, 2.75) is 11.8 Å². The summed E-state index contributed by atoms with van der Waals surface area (Å²) in [5, 5.41) is 3.39. The van der Waals surface area contributed by atoms with Crippen molar-refractivity contribution in [1.82, 2.24) is 0 Å². The lowest BCUT2D eigenvalue weighted by atomic mass is 10.2. The van der Waals surface area contributed by atoms with Crippen molar-refractivity contribution < 1.29 is 4.74 Å². The second-order valence-corrected chi connectivity index (χ2v) is 4.55. The minimum atomic E-state index is 0.537. The summed E-state index contributed by atoms with van der Waals surface area (Å²) in [4.78, 5) is 1.30. The summed E-state index contributed by atoms with van der Waals surface area (Å²) in [5.41, 5.74) is 1.18. The van der Waals surface area contributed by atoms with Crippen LogP contribution in [0.5, 0.6) is 0 Å². The van der Waals surface area contributed by atoms with Gasteiger partial charge in [0.2, 0.25) is 0 Å². The summed E-state index contributed by atoms with van der Waals surface area (Å²) in [6.45, 7) is 3.93. The third kappa shape index (κ3) is 4.58. The van der Waals surface area contributed by atoms with Crippen LogP contribution < -0.4 is 5.32 Å². The number of thioether (sulfide) groups is 1. The van der Waals surface area contributed by atoms with Crippen LogP contribution in [0.3, 0.4) is 0 Å². The van der Waals surface area contributed by atoms with E-state index in [4.69, 9.17) is 4.74 Å². The Kier molecular flexibility index (Phi) is 5.58. The molecule has 1 atom stereocenters. The van der Waals surface area contributed by atoms with E-state index in [1.54, 1.807) is 18.9 Å². The fourth-order valence-corrected chi connectivity index (χ4v) is 1.75. The quantitative estimate of drug-likeness (QED) is 0.752. The normalized spacial score (nSPS) is 12.5. The Balaban J connectivity index is 2.37. The fraction of sp³-hybridized carbons (Fsp3) is 0.500. The van der Waals surface area contributed by atoms with Crippen LogP contribution in [-0.4, -0.2) is 26.5 Å². The number of benzene rings is 1. The molecule has 1 aromatic rings. The molecule has 0 spiro atoms. The summed E-state index contributed by atoms with van der Waals surface area (Å²) in [5.74, 6) is 0.537. The lowest BCUT2D eigenvalue weighted by Gasteiger charge is -2.12. The van der Waals surface area contributed by atoms with E-state index in [1.807, 2.05) is 0 Å². The van der Waals surface area contributed by atoms with Gasteiger partial charge in [0.05, 0.1) is 6.61 Å². The van der Waals surface area contributed by atoms with E-state index in [1.165, 1.54) is 10.6 Å². The molecule has 0 bridgehead atoms. The number of ether oxygens (including phenoxy) is 1. The summed E-state index contributed by atoms with van der Waals surface area (Å²) in [7, 11) is 1.74. The van der Waals surface area contributed by atoms with Gasteiger partial charge >= 0.3 is 0 Å². The Morgan fingerprint density at radius 3 is 2.53 bits per heavy atom. The van der Waals surface area contributed by atoms with E-state index in [0.717, 1.165) is 13.2 Å².